The van der Waals surface area contributed by atoms with Crippen molar-refractivity contribution in [3.05, 3.63) is 23.7 Å². The highest BCUT2D eigenvalue weighted by Gasteiger charge is 2.00. The van der Waals surface area contributed by atoms with Crippen LogP contribution in [0.3, 0.4) is 0 Å². The van der Waals surface area contributed by atoms with E-state index in [1.54, 1.807) is 6.07 Å². The Morgan fingerprint density at radius 2 is 2.40 bits per heavy atom. The van der Waals surface area contributed by atoms with Gasteiger partial charge in [0, 0.05) is 6.42 Å². The fraction of sp³-hybridized carbons (Fsp3) is 0.286. The number of thiocarbonyl (C=S) groups is 1. The van der Waals surface area contributed by atoms with Gasteiger partial charge in [-0.15, -0.1) is 0 Å². The molecule has 1 rings (SSSR count). The van der Waals surface area contributed by atoms with Gasteiger partial charge < -0.3 is 10.2 Å². The zero-order valence-corrected chi connectivity index (χ0v) is 6.57. The van der Waals surface area contributed by atoms with Crippen molar-refractivity contribution in [2.45, 2.75) is 13.3 Å². The van der Waals surface area contributed by atoms with Crippen LogP contribution in [0, 0.1) is 0 Å². The predicted octanol–water partition coefficient (Wildman–Crippen LogP) is 1.48. The molecule has 0 aromatic carbocycles. The molecule has 0 spiro atoms. The number of hydrogen-bond acceptors (Lipinski definition) is 2. The van der Waals surface area contributed by atoms with E-state index in [9.17, 15) is 0 Å². The molecule has 0 aliphatic carbocycles. The Morgan fingerprint density at radius 1 is 1.70 bits per heavy atom. The van der Waals surface area contributed by atoms with Crippen molar-refractivity contribution in [3.8, 4) is 0 Å². The molecule has 1 aromatic heterocycles. The highest BCUT2D eigenvalue weighted by molar-refractivity contribution is 7.80. The molecule has 3 heteroatoms. The van der Waals surface area contributed by atoms with Crippen LogP contribution in [-0.2, 0) is 6.42 Å². The van der Waals surface area contributed by atoms with Crippen molar-refractivity contribution in [2.75, 3.05) is 0 Å². The van der Waals surface area contributed by atoms with E-state index < -0.39 is 0 Å². The smallest absolute Gasteiger partial charge is 0.161 e. The Bertz CT molecular complexity index is 242. The molecule has 0 radical (unpaired) electrons. The standard InChI is InChI=1S/C7H9NOS/c1-2-5-3-4-6(9-5)7(8)10/h3-4H,2H2,1H3,(H2,8,10). The largest absolute Gasteiger partial charge is 0.459 e. The van der Waals surface area contributed by atoms with E-state index in [0.29, 0.717) is 10.7 Å². The second-order valence-corrected chi connectivity index (χ2v) is 2.42. The average molecular weight is 155 g/mol. The fourth-order valence-electron chi connectivity index (χ4n) is 0.700. The van der Waals surface area contributed by atoms with Crippen LogP contribution in [0.1, 0.15) is 18.4 Å². The van der Waals surface area contributed by atoms with Gasteiger partial charge in [-0.25, -0.2) is 0 Å². The Kier molecular flexibility index (Phi) is 2.06. The molecule has 0 saturated heterocycles. The summed E-state index contributed by atoms with van der Waals surface area (Å²) in [7, 11) is 0. The average Bonchev–Trinajstić information content (AvgIpc) is 2.34. The van der Waals surface area contributed by atoms with Crippen molar-refractivity contribution < 1.29 is 4.42 Å². The molecule has 1 aromatic rings. The molecule has 0 aliphatic heterocycles. The van der Waals surface area contributed by atoms with Crippen molar-refractivity contribution in [2.24, 2.45) is 5.73 Å². The van der Waals surface area contributed by atoms with Crippen LogP contribution in [0.2, 0.25) is 0 Å². The van der Waals surface area contributed by atoms with Crippen LogP contribution >= 0.6 is 12.2 Å². The summed E-state index contributed by atoms with van der Waals surface area (Å²) in [6, 6.07) is 3.68. The lowest BCUT2D eigenvalue weighted by Crippen LogP contribution is -2.07. The second-order valence-electron chi connectivity index (χ2n) is 1.98. The highest BCUT2D eigenvalue weighted by Crippen LogP contribution is 2.07. The molecular formula is C7H9NOS. The van der Waals surface area contributed by atoms with Gasteiger partial charge in [0.1, 0.15) is 10.7 Å². The summed E-state index contributed by atoms with van der Waals surface area (Å²) >= 11 is 4.71. The number of furan rings is 1. The monoisotopic (exact) mass is 155 g/mol. The Balaban J connectivity index is 2.88. The topological polar surface area (TPSA) is 39.2 Å². The first-order valence-corrected chi connectivity index (χ1v) is 3.53. The van der Waals surface area contributed by atoms with Crippen molar-refractivity contribution in [3.63, 3.8) is 0 Å². The molecule has 0 unspecified atom stereocenters. The summed E-state index contributed by atoms with van der Waals surface area (Å²) in [5, 5.41) is 0. The zero-order chi connectivity index (χ0) is 7.56. The van der Waals surface area contributed by atoms with Gasteiger partial charge in [0.2, 0.25) is 0 Å². The molecule has 0 atom stereocenters. The third-order valence-corrected chi connectivity index (χ3v) is 1.45. The summed E-state index contributed by atoms with van der Waals surface area (Å²) < 4.78 is 5.23. The first-order valence-electron chi connectivity index (χ1n) is 3.12. The van der Waals surface area contributed by atoms with Crippen molar-refractivity contribution >= 4 is 17.2 Å². The summed E-state index contributed by atoms with van der Waals surface area (Å²) in [5.41, 5.74) is 5.32. The van der Waals surface area contributed by atoms with Crippen LogP contribution < -0.4 is 5.73 Å². The van der Waals surface area contributed by atoms with Crippen LogP contribution in [0.5, 0.6) is 0 Å². The van der Waals surface area contributed by atoms with Gasteiger partial charge in [-0.3, -0.25) is 0 Å². The van der Waals surface area contributed by atoms with E-state index in [2.05, 4.69) is 0 Å². The quantitative estimate of drug-likeness (QED) is 0.657. The van der Waals surface area contributed by atoms with Crippen molar-refractivity contribution in [1.82, 2.24) is 0 Å². The third kappa shape index (κ3) is 1.36. The van der Waals surface area contributed by atoms with E-state index in [1.807, 2.05) is 13.0 Å². The summed E-state index contributed by atoms with van der Waals surface area (Å²) in [4.78, 5) is 0.319. The van der Waals surface area contributed by atoms with E-state index in [0.717, 1.165) is 12.2 Å². The van der Waals surface area contributed by atoms with E-state index >= 15 is 0 Å². The lowest BCUT2D eigenvalue weighted by atomic mass is 10.4. The maximum atomic E-state index is 5.32. The number of aryl methyl sites for hydroxylation is 1. The van der Waals surface area contributed by atoms with Crippen molar-refractivity contribution in [1.29, 1.82) is 0 Å². The first kappa shape index (κ1) is 7.28. The lowest BCUT2D eigenvalue weighted by Gasteiger charge is -1.89. The minimum Gasteiger partial charge on any atom is -0.459 e. The molecule has 0 amide bonds. The van der Waals surface area contributed by atoms with Crippen LogP contribution in [0.4, 0.5) is 0 Å². The van der Waals surface area contributed by atoms with Gasteiger partial charge in [-0.2, -0.15) is 0 Å². The molecule has 0 aliphatic rings. The number of hydrogen-bond donors (Lipinski definition) is 1. The number of nitrogens with two attached hydrogens (primary N) is 1. The summed E-state index contributed by atoms with van der Waals surface area (Å²) in [5.74, 6) is 1.52. The second kappa shape index (κ2) is 2.84. The maximum Gasteiger partial charge on any atom is 0.161 e. The normalized spacial score (nSPS) is 9.70. The first-order chi connectivity index (χ1) is 4.74. The van der Waals surface area contributed by atoms with Gasteiger partial charge in [0.05, 0.1) is 0 Å². The minimum absolute atomic E-state index is 0.319. The van der Waals surface area contributed by atoms with E-state index in [1.165, 1.54) is 0 Å². The van der Waals surface area contributed by atoms with E-state index in [4.69, 9.17) is 22.4 Å². The van der Waals surface area contributed by atoms with Gasteiger partial charge in [0.25, 0.3) is 0 Å². The lowest BCUT2D eigenvalue weighted by molar-refractivity contribution is 0.509. The number of rotatable bonds is 2. The van der Waals surface area contributed by atoms with Gasteiger partial charge >= 0.3 is 0 Å². The molecule has 1 heterocycles. The Morgan fingerprint density at radius 3 is 2.70 bits per heavy atom. The van der Waals surface area contributed by atoms with Gasteiger partial charge in [-0.05, 0) is 12.1 Å². The third-order valence-electron chi connectivity index (χ3n) is 1.25. The fourth-order valence-corrected chi connectivity index (χ4v) is 0.810. The molecule has 0 saturated carbocycles. The molecule has 10 heavy (non-hydrogen) atoms. The summed E-state index contributed by atoms with van der Waals surface area (Å²) in [6.07, 6.45) is 0.878. The van der Waals surface area contributed by atoms with Crippen LogP contribution in [-0.4, -0.2) is 4.99 Å². The predicted molar refractivity (Wildman–Crippen MR) is 44.0 cm³/mol. The summed E-state index contributed by atoms with van der Waals surface area (Å²) in [6.45, 7) is 2.02. The molecule has 2 N–H and O–H groups in total. The molecule has 54 valence electrons. The maximum absolute atomic E-state index is 5.32. The SMILES string of the molecule is CCc1ccc(C(N)=S)o1. The zero-order valence-electron chi connectivity index (χ0n) is 5.76. The van der Waals surface area contributed by atoms with E-state index in [-0.39, 0.29) is 0 Å². The Hall–Kier alpha value is -0.830. The van der Waals surface area contributed by atoms with Crippen LogP contribution in [0.25, 0.3) is 0 Å². The Labute approximate surface area is 65.0 Å². The van der Waals surface area contributed by atoms with Crippen LogP contribution in [0.15, 0.2) is 16.5 Å². The minimum atomic E-state index is 0.319. The van der Waals surface area contributed by atoms with Gasteiger partial charge in [0.15, 0.2) is 5.76 Å². The van der Waals surface area contributed by atoms with Gasteiger partial charge in [-0.1, -0.05) is 19.1 Å². The molecule has 2 nitrogen and oxygen atoms in total. The molecule has 0 fully saturated rings. The molecule has 0 bridgehead atoms. The highest BCUT2D eigenvalue weighted by atomic mass is 32.1. The molecular weight excluding hydrogens is 146 g/mol.